The van der Waals surface area contributed by atoms with E-state index < -0.39 is 0 Å². The van der Waals surface area contributed by atoms with Crippen LogP contribution >= 0.6 is 11.3 Å². The first kappa shape index (κ1) is 26.9. The first-order chi connectivity index (χ1) is 24.3. The number of pyridine rings is 2. The highest BCUT2D eigenvalue weighted by Gasteiger charge is 2.15. The number of hydrogen-bond donors (Lipinski definition) is 0. The van der Waals surface area contributed by atoms with Crippen LogP contribution < -0.4 is 0 Å². The second-order valence-electron chi connectivity index (χ2n) is 12.9. The lowest BCUT2D eigenvalue weighted by molar-refractivity contribution is 1.37. The average Bonchev–Trinajstić information content (AvgIpc) is 3.55. The maximum Gasteiger partial charge on any atom is 0.0978 e. The molecule has 0 fully saturated rings. The Morgan fingerprint density at radius 3 is 1.73 bits per heavy atom. The van der Waals surface area contributed by atoms with Crippen molar-refractivity contribution in [2.24, 2.45) is 0 Å². The minimum atomic E-state index is 0.939. The number of benzene rings is 8. The Balaban J connectivity index is 1.10. The summed E-state index contributed by atoms with van der Waals surface area (Å²) < 4.78 is 2.67. The van der Waals surface area contributed by atoms with E-state index >= 15 is 0 Å². The van der Waals surface area contributed by atoms with E-state index in [2.05, 4.69) is 146 Å². The van der Waals surface area contributed by atoms with Crippen molar-refractivity contribution in [1.29, 1.82) is 0 Å². The van der Waals surface area contributed by atoms with Crippen molar-refractivity contribution < 1.29 is 0 Å². The minimum Gasteiger partial charge on any atom is -0.254 e. The molecule has 0 amide bonds. The molecule has 3 aromatic heterocycles. The summed E-state index contributed by atoms with van der Waals surface area (Å²) in [4.78, 5) is 10.1. The molecule has 0 radical (unpaired) electrons. The predicted molar refractivity (Wildman–Crippen MR) is 211 cm³/mol. The van der Waals surface area contributed by atoms with Crippen LogP contribution in [-0.2, 0) is 0 Å². The van der Waals surface area contributed by atoms with Crippen LogP contribution in [0.15, 0.2) is 158 Å². The summed E-state index contributed by atoms with van der Waals surface area (Å²) >= 11 is 1.88. The fourth-order valence-corrected chi connectivity index (χ4v) is 9.12. The van der Waals surface area contributed by atoms with Crippen molar-refractivity contribution in [1.82, 2.24) is 9.97 Å². The molecule has 49 heavy (non-hydrogen) atoms. The van der Waals surface area contributed by atoms with Crippen LogP contribution in [0.1, 0.15) is 0 Å². The van der Waals surface area contributed by atoms with Gasteiger partial charge in [0.1, 0.15) is 0 Å². The molecule has 0 aliphatic heterocycles. The van der Waals surface area contributed by atoms with E-state index in [0.717, 1.165) is 33.1 Å². The smallest absolute Gasteiger partial charge is 0.0978 e. The second-order valence-corrected chi connectivity index (χ2v) is 14.0. The van der Waals surface area contributed by atoms with Crippen LogP contribution in [0.3, 0.4) is 0 Å². The van der Waals surface area contributed by atoms with Gasteiger partial charge in [0.05, 0.1) is 16.7 Å². The lowest BCUT2D eigenvalue weighted by Crippen LogP contribution is -1.91. The highest BCUT2D eigenvalue weighted by atomic mass is 32.1. The zero-order valence-corrected chi connectivity index (χ0v) is 27.1. The summed E-state index contributed by atoms with van der Waals surface area (Å²) in [5.41, 5.74) is 6.28. The van der Waals surface area contributed by atoms with Crippen molar-refractivity contribution in [2.45, 2.75) is 0 Å². The molecule has 0 aliphatic rings. The first-order valence-electron chi connectivity index (χ1n) is 16.6. The molecule has 0 bridgehead atoms. The molecule has 0 saturated carbocycles. The van der Waals surface area contributed by atoms with E-state index in [0.29, 0.717) is 0 Å². The number of hydrogen-bond acceptors (Lipinski definition) is 3. The van der Waals surface area contributed by atoms with E-state index in [1.165, 1.54) is 74.4 Å². The van der Waals surface area contributed by atoms with Crippen molar-refractivity contribution >= 4 is 96.4 Å². The molecule has 3 heterocycles. The van der Waals surface area contributed by atoms with E-state index in [4.69, 9.17) is 9.97 Å². The molecule has 0 unspecified atom stereocenters. The summed E-state index contributed by atoms with van der Waals surface area (Å²) in [5, 5.41) is 15.1. The fourth-order valence-electron chi connectivity index (χ4n) is 7.99. The van der Waals surface area contributed by atoms with E-state index in [1.54, 1.807) is 0 Å². The molecule has 11 aromatic rings. The standard InChI is InChI=1S/C46H26N2S/c1-2-12-31-30(11-1)36-16-8-22-47-45(36)46-37(31)20-21-42(48-46)29-10-7-9-27(23-29)28-18-19-34-38(24-28)32-13-3-4-14-33(32)39-25-41-35-15-5-6-17-43(35)49-44(41)26-40(34)39/h1-26H. The Morgan fingerprint density at radius 2 is 0.918 bits per heavy atom. The Labute approximate surface area is 285 Å². The third kappa shape index (κ3) is 3.94. The van der Waals surface area contributed by atoms with Crippen molar-refractivity contribution in [2.75, 3.05) is 0 Å². The van der Waals surface area contributed by atoms with Gasteiger partial charge in [-0.1, -0.05) is 103 Å². The highest BCUT2D eigenvalue weighted by molar-refractivity contribution is 7.25. The highest BCUT2D eigenvalue weighted by Crippen LogP contribution is 2.43. The summed E-state index contributed by atoms with van der Waals surface area (Å²) in [6.45, 7) is 0. The maximum atomic E-state index is 5.26. The Bertz CT molecular complexity index is 3140. The van der Waals surface area contributed by atoms with Gasteiger partial charge in [0.2, 0.25) is 0 Å². The predicted octanol–water partition coefficient (Wildman–Crippen LogP) is 13.1. The van der Waals surface area contributed by atoms with E-state index in [9.17, 15) is 0 Å². The van der Waals surface area contributed by atoms with Gasteiger partial charge in [-0.2, -0.15) is 0 Å². The number of nitrogens with zero attached hydrogens (tertiary/aromatic N) is 2. The Hall–Kier alpha value is -6.16. The van der Waals surface area contributed by atoms with Gasteiger partial charge in [-0.3, -0.25) is 4.98 Å². The van der Waals surface area contributed by atoms with Crippen molar-refractivity contribution in [3.05, 3.63) is 158 Å². The summed E-state index contributed by atoms with van der Waals surface area (Å²) in [5.74, 6) is 0. The van der Waals surface area contributed by atoms with Gasteiger partial charge in [0.25, 0.3) is 0 Å². The molecule has 2 nitrogen and oxygen atoms in total. The summed E-state index contributed by atoms with van der Waals surface area (Å²) in [6.07, 6.45) is 1.86. The van der Waals surface area contributed by atoms with Gasteiger partial charge in [0, 0.05) is 42.7 Å². The monoisotopic (exact) mass is 638 g/mol. The third-order valence-corrected chi connectivity index (χ3v) is 11.4. The maximum absolute atomic E-state index is 5.26. The van der Waals surface area contributed by atoms with E-state index in [1.807, 2.05) is 23.6 Å². The molecule has 0 N–H and O–H groups in total. The molecule has 0 aliphatic carbocycles. The third-order valence-electron chi connectivity index (χ3n) is 10.3. The quantitative estimate of drug-likeness (QED) is 0.176. The van der Waals surface area contributed by atoms with Crippen LogP contribution in [0.5, 0.6) is 0 Å². The molecular weight excluding hydrogens is 613 g/mol. The van der Waals surface area contributed by atoms with Crippen LogP contribution in [0, 0.1) is 0 Å². The van der Waals surface area contributed by atoms with Crippen LogP contribution in [-0.4, -0.2) is 9.97 Å². The topological polar surface area (TPSA) is 25.8 Å². The Morgan fingerprint density at radius 1 is 0.327 bits per heavy atom. The lowest BCUT2D eigenvalue weighted by Gasteiger charge is -2.13. The second kappa shape index (κ2) is 10.2. The number of thiophene rings is 1. The zero-order chi connectivity index (χ0) is 32.1. The molecule has 0 spiro atoms. The van der Waals surface area contributed by atoms with Gasteiger partial charge in [-0.05, 0) is 103 Å². The average molecular weight is 639 g/mol. The largest absolute Gasteiger partial charge is 0.254 e. The molecule has 11 rings (SSSR count). The molecule has 0 atom stereocenters. The minimum absolute atomic E-state index is 0.939. The molecule has 3 heteroatoms. The fraction of sp³-hybridized carbons (Fsp3) is 0. The van der Waals surface area contributed by atoms with Gasteiger partial charge >= 0.3 is 0 Å². The Kier molecular flexibility index (Phi) is 5.57. The number of fused-ring (bicyclic) bond motifs is 15. The number of aromatic nitrogens is 2. The lowest BCUT2D eigenvalue weighted by atomic mass is 9.91. The first-order valence-corrected chi connectivity index (χ1v) is 17.5. The SMILES string of the molecule is c1cc(-c2ccc3c(c2)c2ccccc2c2cc4c(cc32)sc2ccccc24)cc(-c2ccc3c4ccccc4c4cccnc4c3n2)c1. The van der Waals surface area contributed by atoms with E-state index in [-0.39, 0.29) is 0 Å². The molecular formula is C46H26N2S. The van der Waals surface area contributed by atoms with Gasteiger partial charge < -0.3 is 0 Å². The van der Waals surface area contributed by atoms with Gasteiger partial charge in [0.15, 0.2) is 0 Å². The van der Waals surface area contributed by atoms with Crippen LogP contribution in [0.2, 0.25) is 0 Å². The van der Waals surface area contributed by atoms with Crippen LogP contribution in [0.4, 0.5) is 0 Å². The summed E-state index contributed by atoms with van der Waals surface area (Å²) in [6, 6.07) is 55.3. The molecule has 226 valence electrons. The molecule has 8 aromatic carbocycles. The molecule has 0 saturated heterocycles. The number of rotatable bonds is 2. The van der Waals surface area contributed by atoms with Gasteiger partial charge in [-0.15, -0.1) is 11.3 Å². The zero-order valence-electron chi connectivity index (χ0n) is 26.3. The summed E-state index contributed by atoms with van der Waals surface area (Å²) in [7, 11) is 0. The van der Waals surface area contributed by atoms with Crippen molar-refractivity contribution in [3.8, 4) is 22.4 Å². The van der Waals surface area contributed by atoms with Crippen LogP contribution in [0.25, 0.3) is 107 Å². The normalized spacial score (nSPS) is 12.1. The van der Waals surface area contributed by atoms with Crippen molar-refractivity contribution in [3.63, 3.8) is 0 Å². The van der Waals surface area contributed by atoms with Gasteiger partial charge in [-0.25, -0.2) is 4.98 Å².